The molecule has 2 aromatic rings. The Morgan fingerprint density at radius 2 is 1.76 bits per heavy atom. The highest BCUT2D eigenvalue weighted by atomic mass is 32.2. The van der Waals surface area contributed by atoms with Crippen molar-refractivity contribution in [1.29, 1.82) is 0 Å². The van der Waals surface area contributed by atoms with Crippen LogP contribution < -0.4 is 19.5 Å². The van der Waals surface area contributed by atoms with Crippen molar-refractivity contribution in [2.24, 2.45) is 5.14 Å². The Hall–Kier alpha value is -2.13. The fourth-order valence-corrected chi connectivity index (χ4v) is 3.22. The van der Waals surface area contributed by atoms with Crippen molar-refractivity contribution in [1.82, 2.24) is 9.97 Å². The van der Waals surface area contributed by atoms with Crippen molar-refractivity contribution in [3.63, 3.8) is 0 Å². The molecule has 0 aliphatic carbocycles. The zero-order chi connectivity index (χ0) is 18.4. The first-order valence-corrected chi connectivity index (χ1v) is 9.65. The molecular weight excluding hydrogens is 344 g/mol. The predicted octanol–water partition coefficient (Wildman–Crippen LogP) is 1.54. The van der Waals surface area contributed by atoms with Crippen molar-refractivity contribution in [2.75, 3.05) is 38.5 Å². The quantitative estimate of drug-likeness (QED) is 0.669. The summed E-state index contributed by atoms with van der Waals surface area (Å²) in [6, 6.07) is 3.68. The molecule has 1 aromatic heterocycles. The van der Waals surface area contributed by atoms with Crippen LogP contribution in [0.15, 0.2) is 18.5 Å². The number of anilines is 1. The smallest absolute Gasteiger partial charge is 0.209 e. The number of primary sulfonamides is 1. The van der Waals surface area contributed by atoms with E-state index in [0.717, 1.165) is 36.1 Å². The summed E-state index contributed by atoms with van der Waals surface area (Å²) in [4.78, 5) is 10.7. The summed E-state index contributed by atoms with van der Waals surface area (Å²) in [7, 11) is 1.73. The molecule has 0 atom stereocenters. The lowest BCUT2D eigenvalue weighted by Gasteiger charge is -2.20. The summed E-state index contributed by atoms with van der Waals surface area (Å²) in [5.74, 6) is 2.04. The van der Waals surface area contributed by atoms with E-state index in [1.165, 1.54) is 6.33 Å². The fourth-order valence-electron chi connectivity index (χ4n) is 2.61. The minimum Gasteiger partial charge on any atom is -0.493 e. The van der Waals surface area contributed by atoms with Crippen LogP contribution in [0, 0.1) is 0 Å². The summed E-state index contributed by atoms with van der Waals surface area (Å²) in [5.41, 5.74) is 0.767. The van der Waals surface area contributed by atoms with E-state index in [-0.39, 0.29) is 5.75 Å². The van der Waals surface area contributed by atoms with Gasteiger partial charge >= 0.3 is 0 Å². The molecule has 9 heteroatoms. The molecule has 138 valence electrons. The summed E-state index contributed by atoms with van der Waals surface area (Å²) >= 11 is 0. The number of nitrogens with two attached hydrogens (primary N) is 1. The number of sulfonamides is 1. The molecule has 0 radical (unpaired) electrons. The minimum absolute atomic E-state index is 0.0180. The van der Waals surface area contributed by atoms with Gasteiger partial charge in [-0.05, 0) is 18.9 Å². The topological polar surface area (TPSA) is 108 Å². The van der Waals surface area contributed by atoms with Gasteiger partial charge in [0.15, 0.2) is 11.5 Å². The summed E-state index contributed by atoms with van der Waals surface area (Å²) in [6.07, 6.45) is 3.69. The van der Waals surface area contributed by atoms with E-state index in [2.05, 4.69) is 9.97 Å². The van der Waals surface area contributed by atoms with E-state index in [1.807, 2.05) is 24.1 Å². The molecule has 1 aromatic carbocycles. The Morgan fingerprint density at radius 3 is 2.40 bits per heavy atom. The molecule has 8 nitrogen and oxygen atoms in total. The third kappa shape index (κ3) is 5.17. The van der Waals surface area contributed by atoms with Crippen molar-refractivity contribution in [3.05, 3.63) is 18.5 Å². The number of rotatable bonds is 9. The standard InChI is InChI=1S/C16H24N4O4S/c1-20(7-5-4-6-8-25(17,21)22)16-12-9-14(23-2)15(24-3)10-13(12)18-11-19-16/h9-11H,4-8H2,1-3H3,(H2,17,21,22). The first-order chi connectivity index (χ1) is 11.9. The van der Waals surface area contributed by atoms with E-state index < -0.39 is 10.0 Å². The van der Waals surface area contributed by atoms with E-state index >= 15 is 0 Å². The molecule has 0 fully saturated rings. The second-order valence-corrected chi connectivity index (χ2v) is 7.50. The third-order valence-corrected chi connectivity index (χ3v) is 4.76. The number of unbranched alkanes of at least 4 members (excludes halogenated alkanes) is 2. The van der Waals surface area contributed by atoms with Gasteiger partial charge in [0, 0.05) is 25.0 Å². The number of methoxy groups -OCH3 is 2. The summed E-state index contributed by atoms with van der Waals surface area (Å²) < 4.78 is 32.5. The van der Waals surface area contributed by atoms with Crippen LogP contribution in [-0.2, 0) is 10.0 Å². The van der Waals surface area contributed by atoms with Gasteiger partial charge in [0.25, 0.3) is 0 Å². The zero-order valence-electron chi connectivity index (χ0n) is 14.7. The largest absolute Gasteiger partial charge is 0.493 e. The average molecular weight is 368 g/mol. The maximum atomic E-state index is 10.9. The van der Waals surface area contributed by atoms with Gasteiger partial charge in [0.1, 0.15) is 12.1 Å². The lowest BCUT2D eigenvalue weighted by Crippen LogP contribution is -2.21. The van der Waals surface area contributed by atoms with Gasteiger partial charge in [-0.25, -0.2) is 23.5 Å². The van der Waals surface area contributed by atoms with Crippen molar-refractivity contribution < 1.29 is 17.9 Å². The highest BCUT2D eigenvalue weighted by molar-refractivity contribution is 7.89. The molecule has 0 spiro atoms. The molecule has 0 bridgehead atoms. The van der Waals surface area contributed by atoms with E-state index in [9.17, 15) is 8.42 Å². The number of hydrogen-bond acceptors (Lipinski definition) is 7. The number of nitrogens with zero attached hydrogens (tertiary/aromatic N) is 3. The van der Waals surface area contributed by atoms with Gasteiger partial charge in [-0.2, -0.15) is 0 Å². The van der Waals surface area contributed by atoms with E-state index in [1.54, 1.807) is 14.2 Å². The van der Waals surface area contributed by atoms with Crippen LogP contribution in [0.3, 0.4) is 0 Å². The Morgan fingerprint density at radius 1 is 1.08 bits per heavy atom. The predicted molar refractivity (Wildman–Crippen MR) is 97.7 cm³/mol. The first kappa shape index (κ1) is 19.2. The van der Waals surface area contributed by atoms with Crippen LogP contribution in [-0.4, -0.2) is 52.0 Å². The fraction of sp³-hybridized carbons (Fsp3) is 0.500. The van der Waals surface area contributed by atoms with Gasteiger partial charge in [-0.15, -0.1) is 0 Å². The maximum Gasteiger partial charge on any atom is 0.209 e. The third-order valence-electron chi connectivity index (χ3n) is 3.90. The highest BCUT2D eigenvalue weighted by Gasteiger charge is 2.13. The first-order valence-electron chi connectivity index (χ1n) is 7.94. The second-order valence-electron chi connectivity index (χ2n) is 5.77. The van der Waals surface area contributed by atoms with Crippen LogP contribution in [0.5, 0.6) is 11.5 Å². The molecule has 25 heavy (non-hydrogen) atoms. The Labute approximate surface area is 148 Å². The lowest BCUT2D eigenvalue weighted by molar-refractivity contribution is 0.356. The van der Waals surface area contributed by atoms with Crippen molar-refractivity contribution >= 4 is 26.7 Å². The van der Waals surface area contributed by atoms with Crippen LogP contribution in [0.25, 0.3) is 10.9 Å². The van der Waals surface area contributed by atoms with Gasteiger partial charge in [0.2, 0.25) is 10.0 Å². The molecule has 0 saturated heterocycles. The van der Waals surface area contributed by atoms with Crippen molar-refractivity contribution in [2.45, 2.75) is 19.3 Å². The Balaban J connectivity index is 2.11. The molecular formula is C16H24N4O4S. The molecule has 0 unspecified atom stereocenters. The van der Waals surface area contributed by atoms with Gasteiger partial charge < -0.3 is 14.4 Å². The monoisotopic (exact) mass is 368 g/mol. The molecule has 0 aliphatic rings. The number of benzene rings is 1. The molecule has 0 saturated carbocycles. The number of aromatic nitrogens is 2. The maximum absolute atomic E-state index is 10.9. The number of ether oxygens (including phenoxy) is 2. The SMILES string of the molecule is COc1cc2ncnc(N(C)CCCCCS(N)(=O)=O)c2cc1OC. The van der Waals surface area contributed by atoms with Crippen LogP contribution >= 0.6 is 0 Å². The number of hydrogen-bond donors (Lipinski definition) is 1. The van der Waals surface area contributed by atoms with Crippen LogP contribution in [0.1, 0.15) is 19.3 Å². The second kappa shape index (κ2) is 8.30. The van der Waals surface area contributed by atoms with E-state index in [4.69, 9.17) is 14.6 Å². The summed E-state index contributed by atoms with van der Waals surface area (Å²) in [6.45, 7) is 0.741. The van der Waals surface area contributed by atoms with Gasteiger partial charge in [0.05, 0.1) is 25.5 Å². The normalized spacial score (nSPS) is 11.5. The highest BCUT2D eigenvalue weighted by Crippen LogP contribution is 2.34. The molecule has 0 amide bonds. The van der Waals surface area contributed by atoms with E-state index in [0.29, 0.717) is 17.9 Å². The molecule has 0 aliphatic heterocycles. The average Bonchev–Trinajstić information content (AvgIpc) is 2.58. The van der Waals surface area contributed by atoms with Gasteiger partial charge in [-0.1, -0.05) is 6.42 Å². The molecule has 1 heterocycles. The number of fused-ring (bicyclic) bond motifs is 1. The molecule has 2 rings (SSSR count). The van der Waals surface area contributed by atoms with Crippen molar-refractivity contribution in [3.8, 4) is 11.5 Å². The lowest BCUT2D eigenvalue weighted by atomic mass is 10.2. The summed E-state index contributed by atoms with van der Waals surface area (Å²) in [5, 5.41) is 5.87. The van der Waals surface area contributed by atoms with Gasteiger partial charge in [-0.3, -0.25) is 0 Å². The Kier molecular flexibility index (Phi) is 6.38. The zero-order valence-corrected chi connectivity index (χ0v) is 15.5. The van der Waals surface area contributed by atoms with Crippen LogP contribution in [0.2, 0.25) is 0 Å². The minimum atomic E-state index is -3.38. The molecule has 2 N–H and O–H groups in total. The Bertz CT molecular complexity index is 826. The van der Waals surface area contributed by atoms with Crippen LogP contribution in [0.4, 0.5) is 5.82 Å².